The van der Waals surface area contributed by atoms with E-state index in [0.717, 1.165) is 17.2 Å². The first-order valence-corrected chi connectivity index (χ1v) is 8.85. The van der Waals surface area contributed by atoms with Crippen LogP contribution in [0.5, 0.6) is 5.75 Å². The number of rotatable bonds is 6. The van der Waals surface area contributed by atoms with Crippen LogP contribution >= 0.6 is 0 Å². The van der Waals surface area contributed by atoms with Crippen LogP contribution in [0.15, 0.2) is 55.9 Å². The highest BCUT2D eigenvalue weighted by molar-refractivity contribution is 5.98. The zero-order valence-corrected chi connectivity index (χ0v) is 16.0. The number of nitriles is 1. The van der Waals surface area contributed by atoms with Crippen LogP contribution in [-0.4, -0.2) is 35.3 Å². The zero-order chi connectivity index (χ0) is 21.1. The number of nitrogens with zero attached hydrogens (tertiary/aromatic N) is 7. The molecule has 4 aromatic rings. The van der Waals surface area contributed by atoms with E-state index in [1.807, 2.05) is 25.5 Å². The van der Waals surface area contributed by atoms with Gasteiger partial charge in [0.1, 0.15) is 29.5 Å². The Morgan fingerprint density at radius 1 is 1.27 bits per heavy atom. The van der Waals surface area contributed by atoms with E-state index in [-0.39, 0.29) is 18.3 Å². The minimum atomic E-state index is -0.383. The van der Waals surface area contributed by atoms with E-state index >= 15 is 0 Å². The normalized spacial score (nSPS) is 10.5. The first kappa shape index (κ1) is 18.8. The number of hydrogen-bond acceptors (Lipinski definition) is 7. The Hall–Kier alpha value is -4.52. The van der Waals surface area contributed by atoms with Crippen molar-refractivity contribution in [2.24, 2.45) is 7.05 Å². The van der Waals surface area contributed by atoms with E-state index in [9.17, 15) is 10.1 Å². The highest BCUT2D eigenvalue weighted by atomic mass is 16.5. The Bertz CT molecular complexity index is 1300. The third kappa shape index (κ3) is 3.72. The van der Waals surface area contributed by atoms with Gasteiger partial charge in [0.05, 0.1) is 30.5 Å². The topological polar surface area (TPSA) is 123 Å². The number of fused-ring (bicyclic) bond motifs is 1. The summed E-state index contributed by atoms with van der Waals surface area (Å²) in [5.74, 6) is 0.372. The van der Waals surface area contributed by atoms with Gasteiger partial charge in [-0.15, -0.1) is 0 Å². The predicted molar refractivity (Wildman–Crippen MR) is 107 cm³/mol. The number of anilines is 1. The summed E-state index contributed by atoms with van der Waals surface area (Å²) in [5.41, 5.74) is 3.15. The molecule has 1 amide bonds. The number of ether oxygens (including phenoxy) is 1. The third-order valence-electron chi connectivity index (χ3n) is 4.23. The standard InChI is InChI=1S/C20H16N8O2/c1-3-19(29)26-18-9-22-8-16(25-18)12-30-17-4-13(15-7-23-27(2)10-15)11-28-20(17)14(5-21)6-24-28/h3-4,6-11H,1,12H2,2H3,(H,25,26,29). The summed E-state index contributed by atoms with van der Waals surface area (Å²) in [6.45, 7) is 3.48. The fraction of sp³-hybridized carbons (Fsp3) is 0.100. The minimum Gasteiger partial charge on any atom is -0.485 e. The Morgan fingerprint density at radius 2 is 2.13 bits per heavy atom. The van der Waals surface area contributed by atoms with Gasteiger partial charge < -0.3 is 10.1 Å². The van der Waals surface area contributed by atoms with Gasteiger partial charge >= 0.3 is 0 Å². The highest BCUT2D eigenvalue weighted by Gasteiger charge is 2.14. The van der Waals surface area contributed by atoms with Crippen LogP contribution in [0.4, 0.5) is 5.82 Å². The molecule has 0 spiro atoms. The first-order valence-electron chi connectivity index (χ1n) is 8.85. The van der Waals surface area contributed by atoms with E-state index in [1.54, 1.807) is 15.4 Å². The molecule has 1 N–H and O–H groups in total. The highest BCUT2D eigenvalue weighted by Crippen LogP contribution is 2.30. The second-order valence-electron chi connectivity index (χ2n) is 6.34. The van der Waals surface area contributed by atoms with Crippen LogP contribution in [0.25, 0.3) is 16.6 Å². The average molecular weight is 400 g/mol. The predicted octanol–water partition coefficient (Wildman–Crippen LogP) is 2.10. The molecule has 0 aromatic carbocycles. The lowest BCUT2D eigenvalue weighted by atomic mass is 10.1. The second kappa shape index (κ2) is 7.84. The van der Waals surface area contributed by atoms with Crippen LogP contribution < -0.4 is 10.1 Å². The van der Waals surface area contributed by atoms with Gasteiger partial charge in [0.25, 0.3) is 0 Å². The molecule has 0 aliphatic carbocycles. The van der Waals surface area contributed by atoms with Crippen molar-refractivity contribution in [3.63, 3.8) is 0 Å². The van der Waals surface area contributed by atoms with Crippen molar-refractivity contribution in [2.45, 2.75) is 6.61 Å². The van der Waals surface area contributed by atoms with Gasteiger partial charge in [0.15, 0.2) is 5.82 Å². The van der Waals surface area contributed by atoms with E-state index in [0.29, 0.717) is 22.5 Å². The summed E-state index contributed by atoms with van der Waals surface area (Å²) in [6.07, 6.45) is 11.0. The fourth-order valence-electron chi connectivity index (χ4n) is 2.87. The maximum absolute atomic E-state index is 11.5. The summed E-state index contributed by atoms with van der Waals surface area (Å²) in [4.78, 5) is 19.8. The molecule has 0 unspecified atom stereocenters. The Balaban J connectivity index is 1.67. The molecule has 4 heterocycles. The number of nitrogens with one attached hydrogen (secondary N) is 1. The molecular weight excluding hydrogens is 384 g/mol. The lowest BCUT2D eigenvalue weighted by molar-refractivity contribution is -0.111. The lowest BCUT2D eigenvalue weighted by Gasteiger charge is -2.10. The Labute approximate surface area is 171 Å². The van der Waals surface area contributed by atoms with Crippen molar-refractivity contribution in [1.29, 1.82) is 5.26 Å². The van der Waals surface area contributed by atoms with Crippen molar-refractivity contribution in [1.82, 2.24) is 29.4 Å². The number of aryl methyl sites for hydroxylation is 1. The number of carbonyl (C=O) groups excluding carboxylic acids is 1. The zero-order valence-electron chi connectivity index (χ0n) is 16.0. The van der Waals surface area contributed by atoms with Crippen LogP contribution in [-0.2, 0) is 18.4 Å². The molecule has 0 atom stereocenters. The van der Waals surface area contributed by atoms with Gasteiger partial charge in [-0.25, -0.2) is 9.50 Å². The summed E-state index contributed by atoms with van der Waals surface area (Å²) < 4.78 is 9.28. The summed E-state index contributed by atoms with van der Waals surface area (Å²) in [5, 5.41) is 20.4. The number of hydrogen-bond donors (Lipinski definition) is 1. The summed E-state index contributed by atoms with van der Waals surface area (Å²) in [6, 6.07) is 3.95. The van der Waals surface area contributed by atoms with Crippen LogP contribution in [0.1, 0.15) is 11.3 Å². The quantitative estimate of drug-likeness (QED) is 0.492. The Kier molecular flexibility index (Phi) is 4.92. The molecule has 0 aliphatic heterocycles. The lowest BCUT2D eigenvalue weighted by Crippen LogP contribution is -2.10. The average Bonchev–Trinajstić information content (AvgIpc) is 3.38. The molecule has 30 heavy (non-hydrogen) atoms. The molecule has 0 saturated carbocycles. The monoisotopic (exact) mass is 400 g/mol. The van der Waals surface area contributed by atoms with Crippen LogP contribution in [0.3, 0.4) is 0 Å². The SMILES string of the molecule is C=CC(=O)Nc1cncc(COc2cc(-c3cnn(C)c3)cn3ncc(C#N)c23)n1. The molecule has 4 rings (SSSR count). The third-order valence-corrected chi connectivity index (χ3v) is 4.23. The van der Waals surface area contributed by atoms with Crippen molar-refractivity contribution in [2.75, 3.05) is 5.32 Å². The molecule has 10 nitrogen and oxygen atoms in total. The molecule has 0 saturated heterocycles. The number of carbonyl (C=O) groups is 1. The molecule has 0 bridgehead atoms. The molecule has 4 aromatic heterocycles. The maximum Gasteiger partial charge on any atom is 0.248 e. The molecule has 0 fully saturated rings. The molecule has 0 radical (unpaired) electrons. The first-order chi connectivity index (χ1) is 14.6. The Morgan fingerprint density at radius 3 is 2.87 bits per heavy atom. The van der Waals surface area contributed by atoms with Gasteiger partial charge in [-0.3, -0.25) is 14.5 Å². The van der Waals surface area contributed by atoms with Crippen LogP contribution in [0, 0.1) is 11.3 Å². The van der Waals surface area contributed by atoms with Crippen molar-refractivity contribution in [3.05, 3.63) is 67.2 Å². The fourth-order valence-corrected chi connectivity index (χ4v) is 2.87. The molecule has 10 heteroatoms. The number of pyridine rings is 1. The molecule has 0 aliphatic rings. The maximum atomic E-state index is 11.5. The van der Waals surface area contributed by atoms with Gasteiger partial charge in [-0.2, -0.15) is 15.5 Å². The van der Waals surface area contributed by atoms with Gasteiger partial charge in [0, 0.05) is 30.6 Å². The van der Waals surface area contributed by atoms with Crippen molar-refractivity contribution < 1.29 is 9.53 Å². The van der Waals surface area contributed by atoms with Crippen molar-refractivity contribution >= 4 is 17.2 Å². The molecule has 148 valence electrons. The summed E-state index contributed by atoms with van der Waals surface area (Å²) in [7, 11) is 1.83. The van der Waals surface area contributed by atoms with Gasteiger partial charge in [-0.05, 0) is 12.1 Å². The van der Waals surface area contributed by atoms with E-state index in [4.69, 9.17) is 4.74 Å². The van der Waals surface area contributed by atoms with E-state index in [1.165, 1.54) is 18.6 Å². The van der Waals surface area contributed by atoms with Gasteiger partial charge in [0.2, 0.25) is 5.91 Å². The minimum absolute atomic E-state index is 0.0764. The van der Waals surface area contributed by atoms with E-state index in [2.05, 4.69) is 38.1 Å². The van der Waals surface area contributed by atoms with Crippen molar-refractivity contribution in [3.8, 4) is 22.9 Å². The second-order valence-corrected chi connectivity index (χ2v) is 6.34. The largest absolute Gasteiger partial charge is 0.485 e. The van der Waals surface area contributed by atoms with Gasteiger partial charge in [-0.1, -0.05) is 6.58 Å². The number of amides is 1. The van der Waals surface area contributed by atoms with E-state index < -0.39 is 0 Å². The smallest absolute Gasteiger partial charge is 0.248 e. The molecular formula is C20H16N8O2. The number of aromatic nitrogens is 6. The summed E-state index contributed by atoms with van der Waals surface area (Å²) >= 11 is 0. The van der Waals surface area contributed by atoms with Crippen LogP contribution in [0.2, 0.25) is 0 Å².